The van der Waals surface area contributed by atoms with Gasteiger partial charge in [0, 0.05) is 14.1 Å². The van der Waals surface area contributed by atoms with Gasteiger partial charge in [-0.25, -0.2) is 4.79 Å². The number of carbonyl (C=O) groups is 1. The fraction of sp³-hybridized carbons (Fsp3) is 0.286. The van der Waals surface area contributed by atoms with Crippen LogP contribution in [-0.2, 0) is 4.74 Å². The van der Waals surface area contributed by atoms with E-state index in [1.54, 1.807) is 20.2 Å². The Morgan fingerprint density at radius 2 is 2.20 bits per heavy atom. The fourth-order valence-electron chi connectivity index (χ4n) is 0.258. The van der Waals surface area contributed by atoms with Crippen LogP contribution < -0.4 is 0 Å². The fourth-order valence-corrected chi connectivity index (χ4v) is 0.258. The van der Waals surface area contributed by atoms with Crippen LogP contribution in [0, 0.1) is 0 Å². The van der Waals surface area contributed by atoms with Crippen LogP contribution in [-0.4, -0.2) is 25.1 Å². The van der Waals surface area contributed by atoms with Gasteiger partial charge >= 0.3 is 6.09 Å². The normalized spacial score (nSPS) is 9.40. The summed E-state index contributed by atoms with van der Waals surface area (Å²) in [6, 6.07) is 0. The highest BCUT2D eigenvalue weighted by Gasteiger charge is 1.99. The SMILES string of the molecule is C=CC=COC(=O)N(C)C. The molecule has 0 bridgehead atoms. The highest BCUT2D eigenvalue weighted by molar-refractivity contribution is 5.67. The number of nitrogens with zero attached hydrogens (tertiary/aromatic N) is 1. The van der Waals surface area contributed by atoms with Crippen molar-refractivity contribution in [3.05, 3.63) is 25.0 Å². The van der Waals surface area contributed by atoms with E-state index >= 15 is 0 Å². The summed E-state index contributed by atoms with van der Waals surface area (Å²) >= 11 is 0. The zero-order valence-corrected chi connectivity index (χ0v) is 6.20. The zero-order valence-electron chi connectivity index (χ0n) is 6.20. The van der Waals surface area contributed by atoms with Crippen molar-refractivity contribution in [3.8, 4) is 0 Å². The summed E-state index contributed by atoms with van der Waals surface area (Å²) in [5.41, 5.74) is 0. The standard InChI is InChI=1S/C7H11NO2/c1-4-5-6-10-7(9)8(2)3/h4-6H,1H2,2-3H3. The zero-order chi connectivity index (χ0) is 7.98. The van der Waals surface area contributed by atoms with Crippen molar-refractivity contribution in [1.82, 2.24) is 4.90 Å². The highest BCUT2D eigenvalue weighted by Crippen LogP contribution is 1.86. The van der Waals surface area contributed by atoms with E-state index in [0.717, 1.165) is 0 Å². The van der Waals surface area contributed by atoms with Crippen LogP contribution in [0.1, 0.15) is 0 Å². The third-order valence-electron chi connectivity index (χ3n) is 0.749. The summed E-state index contributed by atoms with van der Waals surface area (Å²) in [6.45, 7) is 3.41. The third-order valence-corrected chi connectivity index (χ3v) is 0.749. The third kappa shape index (κ3) is 3.72. The lowest BCUT2D eigenvalue weighted by Crippen LogP contribution is -2.20. The lowest BCUT2D eigenvalue weighted by atomic mass is 10.6. The molecule has 0 saturated heterocycles. The first kappa shape index (κ1) is 8.75. The van der Waals surface area contributed by atoms with Gasteiger partial charge in [0.15, 0.2) is 0 Å². The van der Waals surface area contributed by atoms with Gasteiger partial charge in [0.2, 0.25) is 0 Å². The Kier molecular flexibility index (Phi) is 4.04. The highest BCUT2D eigenvalue weighted by atomic mass is 16.5. The molecule has 0 aliphatic heterocycles. The van der Waals surface area contributed by atoms with Crippen LogP contribution in [0.4, 0.5) is 4.79 Å². The Bertz CT molecular complexity index is 150. The van der Waals surface area contributed by atoms with E-state index in [-0.39, 0.29) is 0 Å². The van der Waals surface area contributed by atoms with E-state index in [0.29, 0.717) is 0 Å². The van der Waals surface area contributed by atoms with E-state index in [2.05, 4.69) is 11.3 Å². The summed E-state index contributed by atoms with van der Waals surface area (Å²) in [5, 5.41) is 0. The summed E-state index contributed by atoms with van der Waals surface area (Å²) in [5.74, 6) is 0. The van der Waals surface area contributed by atoms with Crippen molar-refractivity contribution in [2.45, 2.75) is 0 Å². The number of ether oxygens (including phenoxy) is 1. The van der Waals surface area contributed by atoms with Crippen LogP contribution in [0.5, 0.6) is 0 Å². The van der Waals surface area contributed by atoms with E-state index < -0.39 is 6.09 Å². The van der Waals surface area contributed by atoms with E-state index in [9.17, 15) is 4.79 Å². The average molecular weight is 141 g/mol. The summed E-state index contributed by atoms with van der Waals surface area (Å²) in [4.78, 5) is 12.0. The van der Waals surface area contributed by atoms with Crippen LogP contribution >= 0.6 is 0 Å². The molecule has 0 aromatic heterocycles. The van der Waals surface area contributed by atoms with Crippen LogP contribution in [0.15, 0.2) is 25.0 Å². The van der Waals surface area contributed by atoms with Crippen LogP contribution in [0.2, 0.25) is 0 Å². The first-order chi connectivity index (χ1) is 4.68. The maximum Gasteiger partial charge on any atom is 0.414 e. The predicted molar refractivity (Wildman–Crippen MR) is 39.5 cm³/mol. The molecule has 3 nitrogen and oxygen atoms in total. The molecule has 3 heteroatoms. The largest absolute Gasteiger partial charge is 0.418 e. The summed E-state index contributed by atoms with van der Waals surface area (Å²) in [6.07, 6.45) is 3.97. The van der Waals surface area contributed by atoms with Crippen molar-refractivity contribution >= 4 is 6.09 Å². The van der Waals surface area contributed by atoms with Gasteiger partial charge in [-0.3, -0.25) is 0 Å². The number of hydrogen-bond acceptors (Lipinski definition) is 2. The molecule has 0 aliphatic carbocycles. The minimum absolute atomic E-state index is 0.391. The molecule has 0 atom stereocenters. The van der Waals surface area contributed by atoms with Crippen molar-refractivity contribution in [3.63, 3.8) is 0 Å². The van der Waals surface area contributed by atoms with Crippen molar-refractivity contribution < 1.29 is 9.53 Å². The lowest BCUT2D eigenvalue weighted by molar-refractivity contribution is 0.156. The second-order valence-corrected chi connectivity index (χ2v) is 1.84. The number of amides is 1. The van der Waals surface area contributed by atoms with Gasteiger partial charge in [-0.1, -0.05) is 12.7 Å². The van der Waals surface area contributed by atoms with Gasteiger partial charge in [0.25, 0.3) is 0 Å². The van der Waals surface area contributed by atoms with E-state index in [1.807, 2.05) is 0 Å². The number of rotatable bonds is 2. The second-order valence-electron chi connectivity index (χ2n) is 1.84. The Labute approximate surface area is 60.6 Å². The van der Waals surface area contributed by atoms with Gasteiger partial charge in [-0.2, -0.15) is 0 Å². The Hall–Kier alpha value is -1.25. The minimum atomic E-state index is -0.391. The molecule has 0 spiro atoms. The maximum atomic E-state index is 10.6. The molecule has 0 radical (unpaired) electrons. The number of carbonyl (C=O) groups excluding carboxylic acids is 1. The lowest BCUT2D eigenvalue weighted by Gasteiger charge is -2.06. The molecule has 0 fully saturated rings. The number of hydrogen-bond donors (Lipinski definition) is 0. The van der Waals surface area contributed by atoms with E-state index in [4.69, 9.17) is 0 Å². The van der Waals surface area contributed by atoms with E-state index in [1.165, 1.54) is 17.2 Å². The molecule has 0 aromatic rings. The minimum Gasteiger partial charge on any atom is -0.418 e. The molecular formula is C7H11NO2. The summed E-state index contributed by atoms with van der Waals surface area (Å²) < 4.78 is 4.58. The molecule has 0 aromatic carbocycles. The first-order valence-electron chi connectivity index (χ1n) is 2.84. The van der Waals surface area contributed by atoms with Gasteiger partial charge in [0.1, 0.15) is 0 Å². The van der Waals surface area contributed by atoms with Gasteiger partial charge in [0.05, 0.1) is 6.26 Å². The first-order valence-corrected chi connectivity index (χ1v) is 2.84. The Morgan fingerprint density at radius 1 is 1.60 bits per heavy atom. The predicted octanol–water partition coefficient (Wildman–Crippen LogP) is 1.38. The van der Waals surface area contributed by atoms with Crippen LogP contribution in [0.3, 0.4) is 0 Å². The number of allylic oxidation sites excluding steroid dienone is 2. The quantitative estimate of drug-likeness (QED) is 0.429. The van der Waals surface area contributed by atoms with Crippen molar-refractivity contribution in [2.75, 3.05) is 14.1 Å². The molecule has 0 saturated carbocycles. The summed E-state index contributed by atoms with van der Waals surface area (Å²) in [7, 11) is 3.23. The molecular weight excluding hydrogens is 130 g/mol. The van der Waals surface area contributed by atoms with Gasteiger partial charge in [-0.15, -0.1) is 0 Å². The molecule has 0 rings (SSSR count). The van der Waals surface area contributed by atoms with Gasteiger partial charge < -0.3 is 9.64 Å². The monoisotopic (exact) mass is 141 g/mol. The molecule has 1 amide bonds. The second kappa shape index (κ2) is 4.61. The topological polar surface area (TPSA) is 29.5 Å². The maximum absolute atomic E-state index is 10.6. The molecule has 0 heterocycles. The average Bonchev–Trinajstić information content (AvgIpc) is 1.88. The Balaban J connectivity index is 3.59. The van der Waals surface area contributed by atoms with Crippen molar-refractivity contribution in [2.24, 2.45) is 0 Å². The Morgan fingerprint density at radius 3 is 2.60 bits per heavy atom. The molecule has 56 valence electrons. The van der Waals surface area contributed by atoms with Crippen molar-refractivity contribution in [1.29, 1.82) is 0 Å². The smallest absolute Gasteiger partial charge is 0.414 e. The van der Waals surface area contributed by atoms with Gasteiger partial charge in [-0.05, 0) is 6.08 Å². The molecule has 10 heavy (non-hydrogen) atoms. The molecule has 0 unspecified atom stereocenters. The molecule has 0 aliphatic rings. The molecule has 0 N–H and O–H groups in total. The van der Waals surface area contributed by atoms with Crippen LogP contribution in [0.25, 0.3) is 0 Å².